The van der Waals surface area contributed by atoms with E-state index in [0.29, 0.717) is 25.7 Å². The van der Waals surface area contributed by atoms with Crippen molar-refractivity contribution in [2.75, 3.05) is 39.6 Å². The highest BCUT2D eigenvalue weighted by molar-refractivity contribution is 7.47. The summed E-state index contributed by atoms with van der Waals surface area (Å²) >= 11 is 0. The maximum absolute atomic E-state index is 13.1. The van der Waals surface area contributed by atoms with Crippen molar-refractivity contribution >= 4 is 39.5 Å². The lowest BCUT2D eigenvalue weighted by atomic mass is 9.99. The highest BCUT2D eigenvalue weighted by atomic mass is 31.2. The van der Waals surface area contributed by atoms with Crippen LogP contribution in [0.5, 0.6) is 0 Å². The summed E-state index contributed by atoms with van der Waals surface area (Å²) in [6, 6.07) is 0. The quantitative estimate of drug-likeness (QED) is 0.0222. The van der Waals surface area contributed by atoms with Crippen molar-refractivity contribution in [1.82, 2.24) is 0 Å². The molecule has 0 saturated heterocycles. The average Bonchev–Trinajstić information content (AvgIpc) is 3.69. The molecule has 0 aliphatic rings. The van der Waals surface area contributed by atoms with E-state index in [1.807, 2.05) is 0 Å². The molecule has 0 aromatic rings. The van der Waals surface area contributed by atoms with Crippen molar-refractivity contribution < 1.29 is 80.2 Å². The van der Waals surface area contributed by atoms with Crippen LogP contribution in [-0.4, -0.2) is 96.7 Å². The summed E-state index contributed by atoms with van der Waals surface area (Å²) in [6.45, 7) is 14.2. The van der Waals surface area contributed by atoms with Crippen molar-refractivity contribution in [2.45, 2.75) is 388 Å². The fraction of sp³-hybridized carbons (Fsp3) is 0.946. The molecule has 17 nitrogen and oxygen atoms in total. The number of phosphoric acid groups is 2. The van der Waals surface area contributed by atoms with Gasteiger partial charge in [-0.1, -0.05) is 319 Å². The van der Waals surface area contributed by atoms with Gasteiger partial charge in [-0.05, 0) is 49.4 Å². The number of ether oxygens (including phenoxy) is 4. The van der Waals surface area contributed by atoms with Crippen LogP contribution in [0.15, 0.2) is 0 Å². The van der Waals surface area contributed by atoms with Crippen LogP contribution in [0, 0.1) is 23.7 Å². The van der Waals surface area contributed by atoms with Gasteiger partial charge in [0.25, 0.3) is 0 Å². The van der Waals surface area contributed by atoms with Crippen LogP contribution >= 0.6 is 15.6 Å². The smallest absolute Gasteiger partial charge is 0.462 e. The van der Waals surface area contributed by atoms with Crippen LogP contribution in [-0.2, 0) is 65.4 Å². The van der Waals surface area contributed by atoms with Gasteiger partial charge >= 0.3 is 39.5 Å². The number of hydrogen-bond acceptors (Lipinski definition) is 15. The summed E-state index contributed by atoms with van der Waals surface area (Å²) in [5.74, 6) is 0.973. The summed E-state index contributed by atoms with van der Waals surface area (Å²) in [7, 11) is -9.91. The highest BCUT2D eigenvalue weighted by Crippen LogP contribution is 2.45. The molecule has 6 unspecified atom stereocenters. The van der Waals surface area contributed by atoms with Gasteiger partial charge in [0.15, 0.2) is 12.2 Å². The third-order valence-electron chi connectivity index (χ3n) is 18.2. The van der Waals surface area contributed by atoms with Crippen LogP contribution in [0.1, 0.15) is 370 Å². The summed E-state index contributed by atoms with van der Waals surface area (Å²) in [5, 5.41) is 10.6. The maximum atomic E-state index is 13.1. The minimum Gasteiger partial charge on any atom is -0.462 e. The van der Waals surface area contributed by atoms with Gasteiger partial charge in [-0.3, -0.25) is 37.3 Å². The first-order valence-corrected chi connectivity index (χ1v) is 41.3. The van der Waals surface area contributed by atoms with Crippen LogP contribution in [0.2, 0.25) is 0 Å². The van der Waals surface area contributed by atoms with E-state index in [1.54, 1.807) is 0 Å². The first-order chi connectivity index (χ1) is 44.7. The fourth-order valence-corrected chi connectivity index (χ4v) is 12.7. The Kier molecular flexibility index (Phi) is 62.2. The molecule has 0 aromatic carbocycles. The van der Waals surface area contributed by atoms with Gasteiger partial charge < -0.3 is 33.8 Å². The molecule has 0 aromatic heterocycles. The first-order valence-electron chi connectivity index (χ1n) is 38.3. The average molecular weight is 1370 g/mol. The summed E-state index contributed by atoms with van der Waals surface area (Å²) in [6.07, 6.45) is 47.2. The van der Waals surface area contributed by atoms with Crippen LogP contribution in [0.4, 0.5) is 0 Å². The monoisotopic (exact) mass is 1370 g/mol. The minimum atomic E-state index is -4.96. The first kappa shape index (κ1) is 91.1. The van der Waals surface area contributed by atoms with Crippen molar-refractivity contribution in [2.24, 2.45) is 23.7 Å². The molecule has 0 heterocycles. The molecule has 0 rings (SSSR count). The lowest BCUT2D eigenvalue weighted by Crippen LogP contribution is -2.30. The number of hydrogen-bond donors (Lipinski definition) is 3. The summed E-state index contributed by atoms with van der Waals surface area (Å²) in [4.78, 5) is 72.7. The van der Waals surface area contributed by atoms with Gasteiger partial charge in [0.1, 0.15) is 19.3 Å². The van der Waals surface area contributed by atoms with Crippen LogP contribution < -0.4 is 0 Å². The number of aliphatic hydroxyl groups excluding tert-OH is 1. The Morgan fingerprint density at radius 2 is 0.516 bits per heavy atom. The van der Waals surface area contributed by atoms with Crippen molar-refractivity contribution in [3.63, 3.8) is 0 Å². The van der Waals surface area contributed by atoms with E-state index in [-0.39, 0.29) is 25.7 Å². The largest absolute Gasteiger partial charge is 0.472 e. The normalized spacial score (nSPS) is 15.1. The standard InChI is InChI=1S/C74H144O17P2/c1-9-65(6)51-43-35-27-20-16-14-12-13-15-17-22-29-38-46-54-71(76)84-60-69(90-73(78)56-48-40-31-23-19-18-21-28-36-44-52-66(7)10-2)62-88-92(80,81)86-58-68(75)59-87-93(82,83)89-63-70(91-74(79)57-49-41-33-32-37-45-53-67(8)11-3)61-85-72(77)55-47-39-30-25-24-26-34-42-50-64(4)5/h64-70,75H,9-63H2,1-8H3,(H,80,81)(H,82,83)/t65?,66?,67?,68?,69-,70-/m1/s1. The molecule has 19 heteroatoms. The van der Waals surface area contributed by atoms with E-state index < -0.39 is 97.5 Å². The number of carbonyl (C=O) groups excluding carboxylic acids is 4. The van der Waals surface area contributed by atoms with Crippen molar-refractivity contribution in [1.29, 1.82) is 0 Å². The van der Waals surface area contributed by atoms with Crippen LogP contribution in [0.3, 0.4) is 0 Å². The third kappa shape index (κ3) is 64.5. The molecule has 0 spiro atoms. The Morgan fingerprint density at radius 1 is 0.301 bits per heavy atom. The Morgan fingerprint density at radius 3 is 0.763 bits per heavy atom. The molecule has 552 valence electrons. The fourth-order valence-electron chi connectivity index (χ4n) is 11.1. The summed E-state index contributed by atoms with van der Waals surface area (Å²) in [5.41, 5.74) is 0. The van der Waals surface area contributed by atoms with Crippen molar-refractivity contribution in [3.05, 3.63) is 0 Å². The molecule has 0 saturated carbocycles. The number of unbranched alkanes of at least 4 members (excludes halogenated alkanes) is 34. The van der Waals surface area contributed by atoms with E-state index in [2.05, 4.69) is 55.4 Å². The molecule has 0 amide bonds. The van der Waals surface area contributed by atoms with Gasteiger partial charge in [-0.2, -0.15) is 0 Å². The van der Waals surface area contributed by atoms with E-state index in [4.69, 9.17) is 37.0 Å². The van der Waals surface area contributed by atoms with E-state index in [9.17, 15) is 43.2 Å². The molecule has 0 aliphatic heterocycles. The second-order valence-electron chi connectivity index (χ2n) is 27.9. The lowest BCUT2D eigenvalue weighted by molar-refractivity contribution is -0.161. The molecule has 0 bridgehead atoms. The highest BCUT2D eigenvalue weighted by Gasteiger charge is 2.30. The number of aliphatic hydroxyl groups is 1. The summed E-state index contributed by atoms with van der Waals surface area (Å²) < 4.78 is 68.4. The Balaban J connectivity index is 5.24. The third-order valence-corrected chi connectivity index (χ3v) is 20.1. The zero-order valence-electron chi connectivity index (χ0n) is 60.9. The molecule has 93 heavy (non-hydrogen) atoms. The predicted octanol–water partition coefficient (Wildman–Crippen LogP) is 21.3. The molecular weight excluding hydrogens is 1220 g/mol. The predicted molar refractivity (Wildman–Crippen MR) is 377 cm³/mol. The van der Waals surface area contributed by atoms with Gasteiger partial charge in [-0.15, -0.1) is 0 Å². The zero-order valence-corrected chi connectivity index (χ0v) is 62.7. The number of phosphoric ester groups is 2. The second kappa shape index (κ2) is 63.5. The van der Waals surface area contributed by atoms with Crippen molar-refractivity contribution in [3.8, 4) is 0 Å². The van der Waals surface area contributed by atoms with E-state index >= 15 is 0 Å². The molecule has 0 aliphatic carbocycles. The van der Waals surface area contributed by atoms with Gasteiger partial charge in [0.2, 0.25) is 0 Å². The topological polar surface area (TPSA) is 237 Å². The van der Waals surface area contributed by atoms with Gasteiger partial charge in [0, 0.05) is 25.7 Å². The van der Waals surface area contributed by atoms with Gasteiger partial charge in [0.05, 0.1) is 26.4 Å². The SMILES string of the molecule is CCC(C)CCCCCCCCCCCCCCCCC(=O)OC[C@H](COP(=O)(O)OCC(O)COP(=O)(O)OC[C@@H](COC(=O)CCCCCCCCCCC(C)C)OC(=O)CCCCCCCCC(C)CC)OC(=O)CCCCCCCCCCCCC(C)CC. The van der Waals surface area contributed by atoms with Crippen LogP contribution in [0.25, 0.3) is 0 Å². The molecular formula is C74H144O17P2. The van der Waals surface area contributed by atoms with Gasteiger partial charge in [-0.25, -0.2) is 9.13 Å². The minimum absolute atomic E-state index is 0.102. The molecule has 0 fully saturated rings. The molecule has 0 radical (unpaired) electrons. The number of rotatable bonds is 71. The number of carbonyl (C=O) groups is 4. The number of esters is 4. The zero-order chi connectivity index (χ0) is 68.9. The Bertz CT molecular complexity index is 1840. The maximum Gasteiger partial charge on any atom is 0.472 e. The van der Waals surface area contributed by atoms with E-state index in [0.717, 1.165) is 114 Å². The Labute approximate surface area is 568 Å². The van der Waals surface area contributed by atoms with E-state index in [1.165, 1.54) is 173 Å². The second-order valence-corrected chi connectivity index (χ2v) is 30.8. The Hall–Kier alpha value is -1.94. The molecule has 8 atom stereocenters. The molecule has 3 N–H and O–H groups in total. The lowest BCUT2D eigenvalue weighted by Gasteiger charge is -2.21.